The molecule has 0 saturated carbocycles. The first-order chi connectivity index (χ1) is 7.66. The van der Waals surface area contributed by atoms with Gasteiger partial charge in [0.25, 0.3) is 0 Å². The van der Waals surface area contributed by atoms with Gasteiger partial charge in [-0.3, -0.25) is 9.59 Å². The van der Waals surface area contributed by atoms with Crippen molar-refractivity contribution in [1.82, 2.24) is 0 Å². The van der Waals surface area contributed by atoms with E-state index < -0.39 is 0 Å². The van der Waals surface area contributed by atoms with Gasteiger partial charge in [0.2, 0.25) is 0 Å². The molecule has 2 rings (SSSR count). The Morgan fingerprint density at radius 1 is 1.06 bits per heavy atom. The summed E-state index contributed by atoms with van der Waals surface area (Å²) in [5.74, 6) is -0.211. The van der Waals surface area contributed by atoms with Crippen molar-refractivity contribution in [3.05, 3.63) is 58.1 Å². The predicted molar refractivity (Wildman–Crippen MR) is 65.1 cm³/mol. The third-order valence-corrected chi connectivity index (χ3v) is 3.14. The van der Waals surface area contributed by atoms with Crippen LogP contribution in [0.15, 0.2) is 52.5 Å². The molecule has 0 aliphatic heterocycles. The molecule has 1 aromatic carbocycles. The number of hydrogen-bond acceptors (Lipinski definition) is 2. The molecule has 16 heavy (non-hydrogen) atoms. The normalized spacial score (nSPS) is 15.2. The monoisotopic (exact) mass is 276 g/mol. The van der Waals surface area contributed by atoms with Crippen LogP contribution in [0.1, 0.15) is 5.56 Å². The molecular weight excluding hydrogens is 268 g/mol. The minimum absolute atomic E-state index is 0.0876. The smallest absolute Gasteiger partial charge is 0.182 e. The number of halogens is 1. The zero-order valence-corrected chi connectivity index (χ0v) is 10.0. The maximum Gasteiger partial charge on any atom is 0.182 e. The first-order valence-corrected chi connectivity index (χ1v) is 5.66. The summed E-state index contributed by atoms with van der Waals surface area (Å²) in [5.41, 5.74) is 1.55. The molecule has 1 aliphatic rings. The lowest BCUT2D eigenvalue weighted by Crippen LogP contribution is -2.09. The Hall–Kier alpha value is -1.48. The summed E-state index contributed by atoms with van der Waals surface area (Å²) >= 11 is 3.42. The number of rotatable bonds is 2. The van der Waals surface area contributed by atoms with E-state index in [9.17, 15) is 9.59 Å². The number of carbonyl (C=O) groups is 2. The summed E-state index contributed by atoms with van der Waals surface area (Å²) < 4.78 is 0.950. The predicted octanol–water partition coefficient (Wildman–Crippen LogP) is 2.63. The summed E-state index contributed by atoms with van der Waals surface area (Å²) in [6.45, 7) is 0. The minimum Gasteiger partial charge on any atom is -0.290 e. The maximum atomic E-state index is 11.5. The summed E-state index contributed by atoms with van der Waals surface area (Å²) in [6, 6.07) is 7.67. The lowest BCUT2D eigenvalue weighted by Gasteiger charge is -2.08. The lowest BCUT2D eigenvalue weighted by molar-refractivity contribution is -0.114. The zero-order chi connectivity index (χ0) is 11.5. The highest BCUT2D eigenvalue weighted by atomic mass is 79.9. The molecule has 0 bridgehead atoms. The fourth-order valence-electron chi connectivity index (χ4n) is 1.54. The van der Waals surface area contributed by atoms with Gasteiger partial charge in [0.1, 0.15) is 0 Å². The van der Waals surface area contributed by atoms with Gasteiger partial charge in [-0.1, -0.05) is 34.1 Å². The Kier molecular flexibility index (Phi) is 3.15. The van der Waals surface area contributed by atoms with Crippen molar-refractivity contribution in [2.45, 2.75) is 6.42 Å². The second-order valence-electron chi connectivity index (χ2n) is 3.54. The van der Waals surface area contributed by atoms with Crippen LogP contribution in [-0.4, -0.2) is 11.6 Å². The lowest BCUT2D eigenvalue weighted by atomic mass is 9.97. The molecule has 1 aliphatic carbocycles. The van der Waals surface area contributed by atoms with Gasteiger partial charge in [-0.05, 0) is 29.9 Å². The fraction of sp³-hybridized carbons (Fsp3) is 0.0769. The second-order valence-corrected chi connectivity index (χ2v) is 4.39. The van der Waals surface area contributed by atoms with E-state index in [4.69, 9.17) is 0 Å². The van der Waals surface area contributed by atoms with E-state index in [1.54, 1.807) is 0 Å². The van der Waals surface area contributed by atoms with Crippen LogP contribution in [0.4, 0.5) is 0 Å². The van der Waals surface area contributed by atoms with Gasteiger partial charge >= 0.3 is 0 Å². The average Bonchev–Trinajstić information content (AvgIpc) is 2.27. The molecule has 0 radical (unpaired) electrons. The number of ketones is 2. The Balaban J connectivity index is 2.26. The van der Waals surface area contributed by atoms with Crippen molar-refractivity contribution >= 4 is 27.5 Å². The summed E-state index contributed by atoms with van der Waals surface area (Å²) in [5, 5.41) is 0. The van der Waals surface area contributed by atoms with Crippen LogP contribution in [0.5, 0.6) is 0 Å². The third-order valence-electron chi connectivity index (χ3n) is 2.37. The van der Waals surface area contributed by atoms with E-state index in [0.717, 1.165) is 10.0 Å². The van der Waals surface area contributed by atoms with Gasteiger partial charge in [0, 0.05) is 16.5 Å². The maximum absolute atomic E-state index is 11.5. The van der Waals surface area contributed by atoms with Gasteiger partial charge in [0.15, 0.2) is 11.6 Å². The van der Waals surface area contributed by atoms with Crippen LogP contribution in [-0.2, 0) is 16.0 Å². The molecule has 2 nitrogen and oxygen atoms in total. The number of carbonyl (C=O) groups excluding carboxylic acids is 2. The molecule has 0 atom stereocenters. The Morgan fingerprint density at radius 3 is 2.56 bits per heavy atom. The van der Waals surface area contributed by atoms with Crippen molar-refractivity contribution < 1.29 is 9.59 Å². The first-order valence-electron chi connectivity index (χ1n) is 4.87. The summed E-state index contributed by atoms with van der Waals surface area (Å²) in [4.78, 5) is 22.7. The van der Waals surface area contributed by atoms with Gasteiger partial charge in [0.05, 0.1) is 0 Å². The molecule has 0 saturated heterocycles. The van der Waals surface area contributed by atoms with E-state index in [-0.39, 0.29) is 11.6 Å². The summed E-state index contributed by atoms with van der Waals surface area (Å²) in [7, 11) is 0. The average molecular weight is 277 g/mol. The van der Waals surface area contributed by atoms with Crippen LogP contribution in [0.2, 0.25) is 0 Å². The molecule has 0 aromatic heterocycles. The highest BCUT2D eigenvalue weighted by molar-refractivity contribution is 9.10. The van der Waals surface area contributed by atoms with Gasteiger partial charge in [-0.2, -0.15) is 0 Å². The Bertz CT molecular complexity index is 512. The van der Waals surface area contributed by atoms with Crippen LogP contribution in [0, 0.1) is 0 Å². The van der Waals surface area contributed by atoms with Gasteiger partial charge in [-0.15, -0.1) is 0 Å². The molecule has 0 amide bonds. The van der Waals surface area contributed by atoms with Gasteiger partial charge < -0.3 is 0 Å². The van der Waals surface area contributed by atoms with E-state index in [1.807, 2.05) is 24.3 Å². The van der Waals surface area contributed by atoms with Crippen LogP contribution >= 0.6 is 15.9 Å². The topological polar surface area (TPSA) is 34.1 Å². The molecule has 0 heterocycles. The molecule has 0 spiro atoms. The van der Waals surface area contributed by atoms with Crippen LogP contribution < -0.4 is 0 Å². The second kappa shape index (κ2) is 4.58. The number of benzene rings is 1. The van der Waals surface area contributed by atoms with E-state index >= 15 is 0 Å². The van der Waals surface area contributed by atoms with E-state index in [1.165, 1.54) is 18.2 Å². The van der Waals surface area contributed by atoms with Crippen molar-refractivity contribution in [2.24, 2.45) is 0 Å². The molecule has 80 valence electrons. The largest absolute Gasteiger partial charge is 0.290 e. The number of hydrogen-bond donors (Lipinski definition) is 0. The highest BCUT2D eigenvalue weighted by Gasteiger charge is 2.14. The molecule has 0 unspecified atom stereocenters. The molecule has 1 aromatic rings. The zero-order valence-electron chi connectivity index (χ0n) is 8.44. The van der Waals surface area contributed by atoms with Crippen LogP contribution in [0.25, 0.3) is 0 Å². The van der Waals surface area contributed by atoms with Gasteiger partial charge in [-0.25, -0.2) is 0 Å². The van der Waals surface area contributed by atoms with Crippen molar-refractivity contribution in [3.63, 3.8) is 0 Å². The number of allylic oxidation sites excluding steroid dienone is 4. The molecule has 0 N–H and O–H groups in total. The standard InChI is InChI=1S/C13H9BrO2/c14-12-4-2-1-3-9(12)7-10-8-11(15)5-6-13(10)16/h1-6,8H,7H2. The molecule has 3 heteroatoms. The van der Waals surface area contributed by atoms with Crippen molar-refractivity contribution in [1.29, 1.82) is 0 Å². The molecule has 0 fully saturated rings. The van der Waals surface area contributed by atoms with Crippen molar-refractivity contribution in [2.75, 3.05) is 0 Å². The Labute approximate surface area is 102 Å². The SMILES string of the molecule is O=C1C=CC(=O)C(Cc2ccccc2Br)=C1. The minimum atomic E-state index is -0.123. The third kappa shape index (κ3) is 2.36. The first kappa shape index (κ1) is 11.0. The molecular formula is C13H9BrO2. The van der Waals surface area contributed by atoms with E-state index in [2.05, 4.69) is 15.9 Å². The van der Waals surface area contributed by atoms with Crippen LogP contribution in [0.3, 0.4) is 0 Å². The van der Waals surface area contributed by atoms with E-state index in [0.29, 0.717) is 12.0 Å². The summed E-state index contributed by atoms with van der Waals surface area (Å²) in [6.07, 6.45) is 4.51. The quantitative estimate of drug-likeness (QED) is 0.779. The van der Waals surface area contributed by atoms with Crippen molar-refractivity contribution in [3.8, 4) is 0 Å². The highest BCUT2D eigenvalue weighted by Crippen LogP contribution is 2.20. The fourth-order valence-corrected chi connectivity index (χ4v) is 1.97. The Morgan fingerprint density at radius 2 is 1.81 bits per heavy atom.